The van der Waals surface area contributed by atoms with Crippen LogP contribution in [0.4, 0.5) is 0 Å². The monoisotopic (exact) mass is 264 g/mol. The summed E-state index contributed by atoms with van der Waals surface area (Å²) in [6, 6.07) is 3.35. The average Bonchev–Trinajstić information content (AvgIpc) is 2.32. The molecule has 100 valence electrons. The Bertz CT molecular complexity index is 585. The van der Waals surface area contributed by atoms with Crippen LogP contribution in [0.25, 0.3) is 0 Å². The number of aliphatic hydroxyl groups excluding tert-OH is 1. The van der Waals surface area contributed by atoms with Crippen molar-refractivity contribution < 1.29 is 30.3 Å². The highest BCUT2D eigenvalue weighted by Crippen LogP contribution is 2.29. The molecule has 1 atom stereocenters. The first kappa shape index (κ1) is 13.3. The van der Waals surface area contributed by atoms with Crippen LogP contribution in [-0.4, -0.2) is 43.2 Å². The molecule has 0 fully saturated rings. The molecule has 2 rings (SSSR count). The molecule has 0 saturated heterocycles. The van der Waals surface area contributed by atoms with E-state index in [1.165, 1.54) is 24.3 Å². The van der Waals surface area contributed by atoms with E-state index >= 15 is 0 Å². The molecule has 0 spiro atoms. The number of rotatable bonds is 2. The van der Waals surface area contributed by atoms with Gasteiger partial charge in [0.25, 0.3) is 0 Å². The molecule has 6 heteroatoms. The molecular weight excluding hydrogens is 252 g/mol. The van der Waals surface area contributed by atoms with Gasteiger partial charge in [-0.2, -0.15) is 0 Å². The quantitative estimate of drug-likeness (QED) is 0.373. The molecule has 1 unspecified atom stereocenters. The van der Waals surface area contributed by atoms with E-state index in [2.05, 4.69) is 0 Å². The first-order valence-electron chi connectivity index (χ1n) is 5.42. The molecule has 0 aromatic heterocycles. The number of allylic oxidation sites excluding steroid dienone is 2. The Morgan fingerprint density at radius 3 is 2.53 bits per heavy atom. The summed E-state index contributed by atoms with van der Waals surface area (Å²) < 4.78 is 0. The molecule has 0 bridgehead atoms. The summed E-state index contributed by atoms with van der Waals surface area (Å²) >= 11 is 0. The van der Waals surface area contributed by atoms with Crippen molar-refractivity contribution in [2.24, 2.45) is 0 Å². The van der Waals surface area contributed by atoms with Crippen LogP contribution in [0.15, 0.2) is 42.0 Å². The second kappa shape index (κ2) is 4.51. The van der Waals surface area contributed by atoms with Crippen molar-refractivity contribution >= 4 is 5.78 Å². The lowest BCUT2D eigenvalue weighted by atomic mass is 9.90. The second-order valence-corrected chi connectivity index (χ2v) is 4.20. The van der Waals surface area contributed by atoms with Gasteiger partial charge in [-0.1, -0.05) is 12.2 Å². The third kappa shape index (κ3) is 2.37. The van der Waals surface area contributed by atoms with Gasteiger partial charge in [-0.3, -0.25) is 4.79 Å². The summed E-state index contributed by atoms with van der Waals surface area (Å²) in [7, 11) is 0. The Labute approximate surface area is 108 Å². The highest BCUT2D eigenvalue weighted by atomic mass is 16.5. The van der Waals surface area contributed by atoms with Gasteiger partial charge in [-0.25, -0.2) is 0 Å². The lowest BCUT2D eigenvalue weighted by Crippen LogP contribution is -2.44. The van der Waals surface area contributed by atoms with Gasteiger partial charge in [0, 0.05) is 11.6 Å². The van der Waals surface area contributed by atoms with Crippen molar-refractivity contribution in [3.8, 4) is 11.5 Å². The van der Waals surface area contributed by atoms with Crippen LogP contribution in [0.2, 0.25) is 0 Å². The van der Waals surface area contributed by atoms with Crippen LogP contribution < -0.4 is 0 Å². The summed E-state index contributed by atoms with van der Waals surface area (Å²) in [5.74, 6) is -3.98. The fourth-order valence-electron chi connectivity index (χ4n) is 1.77. The smallest absolute Gasteiger partial charge is 0.214 e. The van der Waals surface area contributed by atoms with Gasteiger partial charge in [0.15, 0.2) is 5.78 Å². The molecule has 1 aromatic carbocycles. The Morgan fingerprint density at radius 2 is 1.89 bits per heavy atom. The van der Waals surface area contributed by atoms with E-state index in [-0.39, 0.29) is 16.9 Å². The Kier molecular flexibility index (Phi) is 3.15. The van der Waals surface area contributed by atoms with E-state index in [4.69, 9.17) is 5.11 Å². The van der Waals surface area contributed by atoms with Crippen LogP contribution in [0.3, 0.4) is 0 Å². The molecule has 0 saturated carbocycles. The summed E-state index contributed by atoms with van der Waals surface area (Å²) in [6.07, 6.45) is 1.56. The fourth-order valence-corrected chi connectivity index (χ4v) is 1.77. The zero-order valence-electron chi connectivity index (χ0n) is 9.69. The molecule has 6 nitrogen and oxygen atoms in total. The predicted octanol–water partition coefficient (Wildman–Crippen LogP) is -0.182. The maximum atomic E-state index is 12.1. The molecule has 19 heavy (non-hydrogen) atoms. The highest BCUT2D eigenvalue weighted by molar-refractivity contribution is 6.11. The van der Waals surface area contributed by atoms with Gasteiger partial charge >= 0.3 is 0 Å². The predicted molar refractivity (Wildman–Crippen MR) is 64.5 cm³/mol. The van der Waals surface area contributed by atoms with Crippen LogP contribution >= 0.6 is 0 Å². The molecule has 0 amide bonds. The fraction of sp³-hybridized carbons (Fsp3) is 0.154. The van der Waals surface area contributed by atoms with E-state index in [0.29, 0.717) is 0 Å². The number of benzene rings is 1. The van der Waals surface area contributed by atoms with Crippen molar-refractivity contribution in [3.05, 3.63) is 47.6 Å². The van der Waals surface area contributed by atoms with Crippen LogP contribution in [0.5, 0.6) is 11.5 Å². The summed E-state index contributed by atoms with van der Waals surface area (Å²) in [5, 5.41) is 47.3. The third-order valence-electron chi connectivity index (χ3n) is 2.80. The van der Waals surface area contributed by atoms with E-state index in [9.17, 15) is 25.2 Å². The molecule has 1 aromatic rings. The van der Waals surface area contributed by atoms with Gasteiger partial charge in [0.2, 0.25) is 5.79 Å². The first-order chi connectivity index (χ1) is 8.83. The maximum absolute atomic E-state index is 12.1. The van der Waals surface area contributed by atoms with E-state index in [1.807, 2.05) is 0 Å². The topological polar surface area (TPSA) is 118 Å². The van der Waals surface area contributed by atoms with Crippen molar-refractivity contribution in [3.63, 3.8) is 0 Å². The molecular formula is C13H12O6. The zero-order chi connectivity index (χ0) is 14.2. The number of aromatic hydroxyl groups is 2. The van der Waals surface area contributed by atoms with E-state index in [0.717, 1.165) is 12.1 Å². The van der Waals surface area contributed by atoms with Crippen molar-refractivity contribution in [2.45, 2.75) is 11.9 Å². The lowest BCUT2D eigenvalue weighted by Gasteiger charge is -2.28. The third-order valence-corrected chi connectivity index (χ3v) is 2.80. The molecule has 0 heterocycles. The number of hydrogen-bond acceptors (Lipinski definition) is 6. The number of carbonyl (C=O) groups excluding carboxylic acids is 1. The lowest BCUT2D eigenvalue weighted by molar-refractivity contribution is -0.176. The second-order valence-electron chi connectivity index (χ2n) is 4.20. The number of phenols is 2. The van der Waals surface area contributed by atoms with E-state index in [1.54, 1.807) is 0 Å². The number of phenolic OH excluding ortho intramolecular Hbond substituents is 2. The summed E-state index contributed by atoms with van der Waals surface area (Å²) in [6.45, 7) is 0. The van der Waals surface area contributed by atoms with Crippen LogP contribution in [-0.2, 0) is 0 Å². The number of hydrogen-bond donors (Lipinski definition) is 5. The molecule has 0 aliphatic heterocycles. The molecule has 1 aliphatic carbocycles. The highest BCUT2D eigenvalue weighted by Gasteiger charge is 2.38. The van der Waals surface area contributed by atoms with Crippen LogP contribution in [0, 0.1) is 0 Å². The minimum Gasteiger partial charge on any atom is -0.508 e. The van der Waals surface area contributed by atoms with Crippen molar-refractivity contribution in [2.75, 3.05) is 0 Å². The maximum Gasteiger partial charge on any atom is 0.214 e. The van der Waals surface area contributed by atoms with Gasteiger partial charge < -0.3 is 25.5 Å². The minimum atomic E-state index is -2.54. The number of aliphatic hydroxyl groups is 3. The van der Waals surface area contributed by atoms with Crippen molar-refractivity contribution in [1.29, 1.82) is 0 Å². The van der Waals surface area contributed by atoms with Crippen LogP contribution in [0.1, 0.15) is 10.4 Å². The number of ketones is 1. The Morgan fingerprint density at radius 1 is 1.21 bits per heavy atom. The van der Waals surface area contributed by atoms with E-state index < -0.39 is 23.4 Å². The zero-order valence-corrected chi connectivity index (χ0v) is 9.69. The number of carbonyl (C=O) groups is 1. The largest absolute Gasteiger partial charge is 0.508 e. The molecule has 1 aliphatic rings. The summed E-state index contributed by atoms with van der Waals surface area (Å²) in [5.41, 5.74) is -0.428. The average molecular weight is 264 g/mol. The molecule has 5 N–H and O–H groups in total. The van der Waals surface area contributed by atoms with Gasteiger partial charge in [0.1, 0.15) is 17.6 Å². The Hall–Kier alpha value is -2.15. The first-order valence-corrected chi connectivity index (χ1v) is 5.42. The molecule has 0 radical (unpaired) electrons. The Balaban J connectivity index is 2.40. The normalized spacial score (nSPS) is 21.0. The number of Topliss-reactive ketones (excluding diaryl/α,β-unsaturated/α-hetero) is 1. The van der Waals surface area contributed by atoms with Gasteiger partial charge in [0.05, 0.1) is 5.56 Å². The standard InChI is InChI=1S/C13H12O6/c14-7-3-4-8(10(15)6-7)11(16)9-2-1-5-13(18,19)12(9)17/h1-6,12,14-15,17-19H. The van der Waals surface area contributed by atoms with Gasteiger partial charge in [-0.05, 0) is 18.2 Å². The summed E-state index contributed by atoms with van der Waals surface area (Å²) in [4.78, 5) is 12.1. The van der Waals surface area contributed by atoms with Gasteiger partial charge in [-0.15, -0.1) is 0 Å². The minimum absolute atomic E-state index is 0.158. The van der Waals surface area contributed by atoms with Crippen molar-refractivity contribution in [1.82, 2.24) is 0 Å². The SMILES string of the molecule is O=C(C1=CC=CC(O)(O)C1O)c1ccc(O)cc1O.